The van der Waals surface area contributed by atoms with Crippen LogP contribution in [0.5, 0.6) is 0 Å². The predicted octanol–water partition coefficient (Wildman–Crippen LogP) is 16.1. The molecule has 1 heterocycles. The fourth-order valence-electron chi connectivity index (χ4n) is 10.3. The average Bonchev–Trinajstić information content (AvgIpc) is 3.38. The second kappa shape index (κ2) is 53.1. The van der Waals surface area contributed by atoms with E-state index in [9.17, 15) is 30.3 Å². The zero-order chi connectivity index (χ0) is 52.2. The molecule has 9 nitrogen and oxygen atoms in total. The average molecular weight is 1020 g/mol. The van der Waals surface area contributed by atoms with Gasteiger partial charge in [-0.15, -0.1) is 0 Å². The zero-order valence-electron chi connectivity index (χ0n) is 47.5. The van der Waals surface area contributed by atoms with Crippen LogP contribution in [0.3, 0.4) is 0 Å². The van der Waals surface area contributed by atoms with Gasteiger partial charge in [-0.1, -0.05) is 289 Å². The summed E-state index contributed by atoms with van der Waals surface area (Å²) >= 11 is 0. The Morgan fingerprint density at radius 2 is 0.778 bits per heavy atom. The summed E-state index contributed by atoms with van der Waals surface area (Å²) in [6, 6.07) is -0.803. The molecule has 0 aromatic heterocycles. The fourth-order valence-corrected chi connectivity index (χ4v) is 10.3. The molecule has 72 heavy (non-hydrogen) atoms. The Balaban J connectivity index is 2.17. The summed E-state index contributed by atoms with van der Waals surface area (Å²) in [6.45, 7) is 3.82. The zero-order valence-corrected chi connectivity index (χ0v) is 47.5. The lowest BCUT2D eigenvalue weighted by atomic mass is 9.99. The van der Waals surface area contributed by atoms with E-state index in [0.29, 0.717) is 6.42 Å². The van der Waals surface area contributed by atoms with Crippen LogP contribution in [0.1, 0.15) is 316 Å². The summed E-state index contributed by atoms with van der Waals surface area (Å²) in [5.74, 6) is -0.171. The van der Waals surface area contributed by atoms with Crippen molar-refractivity contribution in [2.45, 2.75) is 358 Å². The van der Waals surface area contributed by atoms with Gasteiger partial charge in [-0.25, -0.2) is 0 Å². The van der Waals surface area contributed by atoms with Crippen molar-refractivity contribution in [2.24, 2.45) is 0 Å². The summed E-state index contributed by atoms with van der Waals surface area (Å²) in [4.78, 5) is 13.1. The van der Waals surface area contributed by atoms with E-state index in [2.05, 4.69) is 31.3 Å². The van der Waals surface area contributed by atoms with Crippen LogP contribution >= 0.6 is 0 Å². The number of amides is 1. The molecule has 1 aliphatic rings. The molecule has 6 N–H and O–H groups in total. The molecule has 1 aliphatic heterocycles. The monoisotopic (exact) mass is 1020 g/mol. The molecule has 9 heteroatoms. The van der Waals surface area contributed by atoms with Crippen LogP contribution in [-0.2, 0) is 14.3 Å². The van der Waals surface area contributed by atoms with Crippen LogP contribution < -0.4 is 5.32 Å². The number of aliphatic hydroxyl groups excluding tert-OH is 5. The summed E-state index contributed by atoms with van der Waals surface area (Å²) in [5, 5.41) is 54.6. The van der Waals surface area contributed by atoms with Gasteiger partial charge in [0, 0.05) is 6.42 Å². The summed E-state index contributed by atoms with van der Waals surface area (Å²) < 4.78 is 11.3. The lowest BCUT2D eigenvalue weighted by molar-refractivity contribution is -0.302. The van der Waals surface area contributed by atoms with E-state index in [1.54, 1.807) is 6.08 Å². The quantitative estimate of drug-likeness (QED) is 0.0261. The third kappa shape index (κ3) is 41.9. The first-order chi connectivity index (χ1) is 35.3. The smallest absolute Gasteiger partial charge is 0.220 e. The molecule has 1 amide bonds. The summed E-state index contributed by atoms with van der Waals surface area (Å²) in [6.07, 6.45) is 61.1. The van der Waals surface area contributed by atoms with Gasteiger partial charge < -0.3 is 40.3 Å². The normalized spacial score (nSPS) is 19.2. The predicted molar refractivity (Wildman–Crippen MR) is 304 cm³/mol. The van der Waals surface area contributed by atoms with Gasteiger partial charge in [-0.05, 0) is 44.9 Å². The van der Waals surface area contributed by atoms with E-state index >= 15 is 0 Å². The highest BCUT2D eigenvalue weighted by Gasteiger charge is 2.44. The minimum atomic E-state index is -1.57. The number of carbonyl (C=O) groups is 1. The van der Waals surface area contributed by atoms with Crippen molar-refractivity contribution >= 4 is 5.91 Å². The number of nitrogens with one attached hydrogen (secondary N) is 1. The second-order valence-corrected chi connectivity index (χ2v) is 22.2. The lowest BCUT2D eigenvalue weighted by Gasteiger charge is -2.40. The van der Waals surface area contributed by atoms with Crippen molar-refractivity contribution in [2.75, 3.05) is 13.2 Å². The maximum atomic E-state index is 13.1. The standard InChI is InChI=1S/C63H121NO8/c1-3-5-7-9-11-13-15-17-19-21-23-25-27-28-29-30-31-33-35-37-39-41-43-45-47-49-51-53-59(67)64-56(55-71-63-62(70)61(69)60(68)58(54-65)72-63)57(66)52-50-48-46-44-42-40-38-36-34-32-26-24-22-20-18-16-14-12-10-8-6-4-2/h21,23,50,52,56-58,60-63,65-66,68-70H,3-20,22,24-49,51,53-55H2,1-2H3,(H,64,67)/b23-21-,52-50+. The number of aliphatic hydroxyl groups is 5. The van der Waals surface area contributed by atoms with E-state index < -0.39 is 49.5 Å². The molecule has 0 spiro atoms. The third-order valence-corrected chi connectivity index (χ3v) is 15.3. The Labute approximate surface area is 445 Å². The van der Waals surface area contributed by atoms with Crippen LogP contribution in [0.25, 0.3) is 0 Å². The molecule has 1 rings (SSSR count). The molecular formula is C63H121NO8. The van der Waals surface area contributed by atoms with Crippen LogP contribution in [0.15, 0.2) is 24.3 Å². The topological polar surface area (TPSA) is 149 Å². The minimum Gasteiger partial charge on any atom is -0.394 e. The van der Waals surface area contributed by atoms with Crippen molar-refractivity contribution in [1.82, 2.24) is 5.32 Å². The van der Waals surface area contributed by atoms with E-state index in [1.165, 1.54) is 257 Å². The number of hydrogen-bond acceptors (Lipinski definition) is 8. The first-order valence-corrected chi connectivity index (χ1v) is 31.6. The second-order valence-electron chi connectivity index (χ2n) is 22.2. The Bertz CT molecular complexity index is 1180. The van der Waals surface area contributed by atoms with Crippen LogP contribution in [0, 0.1) is 0 Å². The highest BCUT2D eigenvalue weighted by molar-refractivity contribution is 5.76. The first kappa shape index (κ1) is 68.7. The van der Waals surface area contributed by atoms with Crippen molar-refractivity contribution < 1.29 is 39.8 Å². The largest absolute Gasteiger partial charge is 0.394 e. The van der Waals surface area contributed by atoms with Gasteiger partial charge in [-0.2, -0.15) is 0 Å². The number of ether oxygens (including phenoxy) is 2. The van der Waals surface area contributed by atoms with E-state index in [0.717, 1.165) is 38.5 Å². The molecule has 426 valence electrons. The van der Waals surface area contributed by atoms with Crippen molar-refractivity contribution in [3.63, 3.8) is 0 Å². The Hall–Kier alpha value is -1.33. The molecule has 0 aliphatic carbocycles. The van der Waals surface area contributed by atoms with Gasteiger partial charge in [-0.3, -0.25) is 4.79 Å². The van der Waals surface area contributed by atoms with E-state index in [1.807, 2.05) is 6.08 Å². The molecule has 7 atom stereocenters. The molecule has 1 saturated heterocycles. The fraction of sp³-hybridized carbons (Fsp3) is 0.921. The molecule has 1 fully saturated rings. The third-order valence-electron chi connectivity index (χ3n) is 15.3. The molecule has 0 aromatic carbocycles. The summed E-state index contributed by atoms with van der Waals surface area (Å²) in [7, 11) is 0. The molecule has 0 saturated carbocycles. The first-order valence-electron chi connectivity index (χ1n) is 31.6. The Morgan fingerprint density at radius 3 is 1.12 bits per heavy atom. The number of hydrogen-bond donors (Lipinski definition) is 6. The van der Waals surface area contributed by atoms with Gasteiger partial charge in [0.05, 0.1) is 25.4 Å². The van der Waals surface area contributed by atoms with Crippen LogP contribution in [0.2, 0.25) is 0 Å². The van der Waals surface area contributed by atoms with Gasteiger partial charge >= 0.3 is 0 Å². The Morgan fingerprint density at radius 1 is 0.458 bits per heavy atom. The van der Waals surface area contributed by atoms with Gasteiger partial charge in [0.25, 0.3) is 0 Å². The van der Waals surface area contributed by atoms with Crippen LogP contribution in [-0.4, -0.2) is 87.5 Å². The molecular weight excluding hydrogens is 899 g/mol. The molecule has 0 radical (unpaired) electrons. The van der Waals surface area contributed by atoms with Gasteiger partial charge in [0.15, 0.2) is 6.29 Å². The van der Waals surface area contributed by atoms with Crippen molar-refractivity contribution in [3.8, 4) is 0 Å². The number of allylic oxidation sites excluding steroid dienone is 3. The van der Waals surface area contributed by atoms with Gasteiger partial charge in [0.2, 0.25) is 5.91 Å². The molecule has 0 bridgehead atoms. The number of rotatable bonds is 55. The maximum absolute atomic E-state index is 13.1. The maximum Gasteiger partial charge on any atom is 0.220 e. The number of unbranched alkanes of at least 4 members (excludes halogenated alkanes) is 43. The minimum absolute atomic E-state index is 0.171. The summed E-state index contributed by atoms with van der Waals surface area (Å²) in [5.41, 5.74) is 0. The number of carbonyl (C=O) groups excluding carboxylic acids is 1. The highest BCUT2D eigenvalue weighted by atomic mass is 16.7. The van der Waals surface area contributed by atoms with Crippen LogP contribution in [0.4, 0.5) is 0 Å². The SMILES string of the molecule is CCCCCCCCCC/C=C\CCCCCCCCCCCCCCCCCC(=O)NC(COC1OC(CO)C(O)C(O)C1O)C(O)/C=C/CCCCCCCCCCCCCCCCCCCCCC. The van der Waals surface area contributed by atoms with E-state index in [-0.39, 0.29) is 12.5 Å². The van der Waals surface area contributed by atoms with Crippen molar-refractivity contribution in [1.29, 1.82) is 0 Å². The Kier molecular flexibility index (Phi) is 50.6. The van der Waals surface area contributed by atoms with Gasteiger partial charge in [0.1, 0.15) is 24.4 Å². The molecule has 7 unspecified atom stereocenters. The van der Waals surface area contributed by atoms with Crippen molar-refractivity contribution in [3.05, 3.63) is 24.3 Å². The lowest BCUT2D eigenvalue weighted by Crippen LogP contribution is -2.60. The van der Waals surface area contributed by atoms with E-state index in [4.69, 9.17) is 9.47 Å². The molecule has 0 aromatic rings. The highest BCUT2D eigenvalue weighted by Crippen LogP contribution is 2.23.